The van der Waals surface area contributed by atoms with Gasteiger partial charge in [-0.3, -0.25) is 4.79 Å². The Balaban J connectivity index is 2.27. The number of carbonyl (C=O) groups is 1. The van der Waals surface area contributed by atoms with Crippen LogP contribution >= 0.6 is 0 Å². The molecule has 100 valence electrons. The number of benzene rings is 2. The summed E-state index contributed by atoms with van der Waals surface area (Å²) >= 11 is 0. The molecule has 3 N–H and O–H groups in total. The molecule has 0 aromatic heterocycles. The van der Waals surface area contributed by atoms with Crippen LogP contribution in [0.1, 0.15) is 31.9 Å². The molecular formula is C16H20N2O. The summed E-state index contributed by atoms with van der Waals surface area (Å²) in [6.45, 7) is 3.90. The molecule has 19 heavy (non-hydrogen) atoms. The van der Waals surface area contributed by atoms with Gasteiger partial charge in [0, 0.05) is 0 Å². The molecule has 2 aromatic carbocycles. The fourth-order valence-corrected chi connectivity index (χ4v) is 2.21. The normalized spacial score (nSPS) is 14.1. The number of carbonyl (C=O) groups excluding carboxylic acids is 1. The minimum absolute atomic E-state index is 0.0452. The zero-order valence-corrected chi connectivity index (χ0v) is 11.4. The highest BCUT2D eigenvalue weighted by molar-refractivity contribution is 5.87. The molecule has 3 nitrogen and oxygen atoms in total. The van der Waals surface area contributed by atoms with Gasteiger partial charge >= 0.3 is 0 Å². The highest BCUT2D eigenvalue weighted by atomic mass is 16.2. The lowest BCUT2D eigenvalue weighted by Gasteiger charge is -2.18. The third kappa shape index (κ3) is 2.93. The molecule has 0 aliphatic rings. The van der Waals surface area contributed by atoms with Gasteiger partial charge in [0.1, 0.15) is 0 Å². The molecule has 1 unspecified atom stereocenters. The van der Waals surface area contributed by atoms with E-state index in [4.69, 9.17) is 5.73 Å². The van der Waals surface area contributed by atoms with Crippen LogP contribution in [0.15, 0.2) is 42.5 Å². The van der Waals surface area contributed by atoms with Crippen molar-refractivity contribution >= 4 is 16.7 Å². The Morgan fingerprint density at radius 1 is 1.21 bits per heavy atom. The molecule has 0 aliphatic carbocycles. The van der Waals surface area contributed by atoms with Crippen molar-refractivity contribution < 1.29 is 4.79 Å². The van der Waals surface area contributed by atoms with Crippen LogP contribution in [-0.4, -0.2) is 11.9 Å². The highest BCUT2D eigenvalue weighted by Crippen LogP contribution is 2.23. The van der Waals surface area contributed by atoms with Gasteiger partial charge in [0.15, 0.2) is 0 Å². The maximum absolute atomic E-state index is 11.9. The van der Waals surface area contributed by atoms with E-state index in [1.807, 2.05) is 38.1 Å². The quantitative estimate of drug-likeness (QED) is 0.883. The SMILES string of the molecule is CC[C@H](N)C(=O)NC(C)c1cccc2ccccc12. The van der Waals surface area contributed by atoms with Gasteiger partial charge in [0.05, 0.1) is 12.1 Å². The molecule has 0 saturated heterocycles. The third-order valence-corrected chi connectivity index (χ3v) is 3.43. The second-order valence-corrected chi connectivity index (χ2v) is 4.81. The Morgan fingerprint density at radius 2 is 1.89 bits per heavy atom. The number of amides is 1. The Kier molecular flexibility index (Phi) is 4.17. The first-order valence-electron chi connectivity index (χ1n) is 6.67. The lowest BCUT2D eigenvalue weighted by molar-refractivity contribution is -0.123. The summed E-state index contributed by atoms with van der Waals surface area (Å²) in [6, 6.07) is 13.8. The Hall–Kier alpha value is -1.87. The number of hydrogen-bond donors (Lipinski definition) is 2. The van der Waals surface area contributed by atoms with E-state index in [1.165, 1.54) is 10.8 Å². The summed E-state index contributed by atoms with van der Waals surface area (Å²) in [7, 11) is 0. The maximum Gasteiger partial charge on any atom is 0.237 e. The lowest BCUT2D eigenvalue weighted by Crippen LogP contribution is -2.41. The first-order chi connectivity index (χ1) is 9.13. The molecule has 0 radical (unpaired) electrons. The average molecular weight is 256 g/mol. The van der Waals surface area contributed by atoms with Gasteiger partial charge in [-0.1, -0.05) is 49.4 Å². The Bertz CT molecular complexity index is 574. The molecule has 3 heteroatoms. The van der Waals surface area contributed by atoms with Crippen LogP contribution < -0.4 is 11.1 Å². The van der Waals surface area contributed by atoms with Gasteiger partial charge in [-0.05, 0) is 29.7 Å². The van der Waals surface area contributed by atoms with Crippen molar-refractivity contribution in [1.29, 1.82) is 0 Å². The predicted octanol–water partition coefficient (Wildman–Crippen LogP) is 2.75. The monoisotopic (exact) mass is 256 g/mol. The molecule has 0 aliphatic heterocycles. The van der Waals surface area contributed by atoms with E-state index in [1.54, 1.807) is 0 Å². The molecule has 2 rings (SSSR count). The first kappa shape index (κ1) is 13.6. The van der Waals surface area contributed by atoms with Crippen LogP contribution in [0.3, 0.4) is 0 Å². The van der Waals surface area contributed by atoms with Crippen LogP contribution in [0.25, 0.3) is 10.8 Å². The zero-order valence-electron chi connectivity index (χ0n) is 11.4. The molecule has 0 saturated carbocycles. The van der Waals surface area contributed by atoms with Gasteiger partial charge in [0.25, 0.3) is 0 Å². The van der Waals surface area contributed by atoms with Crippen LogP contribution in [-0.2, 0) is 4.79 Å². The van der Waals surface area contributed by atoms with Crippen LogP contribution in [0.2, 0.25) is 0 Å². The number of nitrogens with two attached hydrogens (primary N) is 1. The van der Waals surface area contributed by atoms with Crippen molar-refractivity contribution in [2.45, 2.75) is 32.4 Å². The highest BCUT2D eigenvalue weighted by Gasteiger charge is 2.16. The summed E-state index contributed by atoms with van der Waals surface area (Å²) < 4.78 is 0. The summed E-state index contributed by atoms with van der Waals surface area (Å²) in [5.41, 5.74) is 6.86. The van der Waals surface area contributed by atoms with Gasteiger partial charge < -0.3 is 11.1 Å². The summed E-state index contributed by atoms with van der Waals surface area (Å²) in [6.07, 6.45) is 0.647. The van der Waals surface area contributed by atoms with Crippen molar-refractivity contribution in [3.8, 4) is 0 Å². The molecule has 0 spiro atoms. The van der Waals surface area contributed by atoms with Crippen LogP contribution in [0.4, 0.5) is 0 Å². The zero-order chi connectivity index (χ0) is 13.8. The van der Waals surface area contributed by atoms with E-state index < -0.39 is 6.04 Å². The van der Waals surface area contributed by atoms with E-state index >= 15 is 0 Å². The number of nitrogens with one attached hydrogen (secondary N) is 1. The number of hydrogen-bond acceptors (Lipinski definition) is 2. The Morgan fingerprint density at radius 3 is 2.63 bits per heavy atom. The smallest absolute Gasteiger partial charge is 0.237 e. The molecule has 1 amide bonds. The summed E-state index contributed by atoms with van der Waals surface area (Å²) in [5.74, 6) is -0.0945. The van der Waals surface area contributed by atoms with Crippen molar-refractivity contribution in [2.24, 2.45) is 5.73 Å². The first-order valence-corrected chi connectivity index (χ1v) is 6.67. The van der Waals surface area contributed by atoms with Crippen LogP contribution in [0, 0.1) is 0 Å². The molecule has 0 fully saturated rings. The fraction of sp³-hybridized carbons (Fsp3) is 0.312. The number of rotatable bonds is 4. The predicted molar refractivity (Wildman–Crippen MR) is 78.8 cm³/mol. The van der Waals surface area contributed by atoms with Crippen molar-refractivity contribution in [3.05, 3.63) is 48.0 Å². The van der Waals surface area contributed by atoms with Gasteiger partial charge in [-0.25, -0.2) is 0 Å². The lowest BCUT2D eigenvalue weighted by atomic mass is 9.99. The molecule has 2 aromatic rings. The molecule has 0 heterocycles. The topological polar surface area (TPSA) is 55.1 Å². The molecule has 2 atom stereocenters. The second-order valence-electron chi connectivity index (χ2n) is 4.81. The minimum atomic E-state index is -0.433. The van der Waals surface area contributed by atoms with E-state index in [0.29, 0.717) is 6.42 Å². The fourth-order valence-electron chi connectivity index (χ4n) is 2.21. The van der Waals surface area contributed by atoms with Crippen molar-refractivity contribution in [2.75, 3.05) is 0 Å². The van der Waals surface area contributed by atoms with Gasteiger partial charge in [-0.15, -0.1) is 0 Å². The van der Waals surface area contributed by atoms with Gasteiger partial charge in [0.2, 0.25) is 5.91 Å². The third-order valence-electron chi connectivity index (χ3n) is 3.43. The Labute approximate surface area is 113 Å². The minimum Gasteiger partial charge on any atom is -0.348 e. The summed E-state index contributed by atoms with van der Waals surface area (Å²) in [5, 5.41) is 5.33. The molecular weight excluding hydrogens is 236 g/mol. The van der Waals surface area contributed by atoms with Crippen molar-refractivity contribution in [1.82, 2.24) is 5.32 Å². The van der Waals surface area contributed by atoms with E-state index in [9.17, 15) is 4.79 Å². The molecule has 0 bridgehead atoms. The largest absolute Gasteiger partial charge is 0.348 e. The number of fused-ring (bicyclic) bond motifs is 1. The summed E-state index contributed by atoms with van der Waals surface area (Å²) in [4.78, 5) is 11.9. The second kappa shape index (κ2) is 5.85. The van der Waals surface area contributed by atoms with Gasteiger partial charge in [-0.2, -0.15) is 0 Å². The van der Waals surface area contributed by atoms with E-state index in [-0.39, 0.29) is 11.9 Å². The van der Waals surface area contributed by atoms with Crippen LogP contribution in [0.5, 0.6) is 0 Å². The van der Waals surface area contributed by atoms with Crippen molar-refractivity contribution in [3.63, 3.8) is 0 Å². The average Bonchev–Trinajstić information content (AvgIpc) is 2.45. The maximum atomic E-state index is 11.9. The van der Waals surface area contributed by atoms with E-state index in [0.717, 1.165) is 5.56 Å². The standard InChI is InChI=1S/C16H20N2O/c1-3-15(17)16(19)18-11(2)13-10-6-8-12-7-4-5-9-14(12)13/h4-11,15H,3,17H2,1-2H3,(H,18,19)/t11?,15-/m0/s1. The van der Waals surface area contributed by atoms with E-state index in [2.05, 4.69) is 23.5 Å².